The van der Waals surface area contributed by atoms with E-state index in [0.29, 0.717) is 0 Å². The third-order valence-corrected chi connectivity index (χ3v) is 5.97. The minimum atomic E-state index is -1.17. The molecule has 0 aliphatic heterocycles. The van der Waals surface area contributed by atoms with Gasteiger partial charge in [0, 0.05) is 12.8 Å². The van der Waals surface area contributed by atoms with Crippen molar-refractivity contribution in [2.45, 2.75) is 31.5 Å². The van der Waals surface area contributed by atoms with Gasteiger partial charge in [0.1, 0.15) is 18.7 Å². The highest BCUT2D eigenvalue weighted by Gasteiger charge is 2.27. The summed E-state index contributed by atoms with van der Waals surface area (Å²) in [5.74, 6) is -1.76. The smallest absolute Gasteiger partial charge is 0.408 e. The Balaban J connectivity index is 1.45. The minimum absolute atomic E-state index is 0.0477. The molecule has 0 spiro atoms. The first-order valence-electron chi connectivity index (χ1n) is 12.0. The van der Waals surface area contributed by atoms with Crippen LogP contribution in [0.3, 0.4) is 0 Å². The number of hydrogen-bond acceptors (Lipinski definition) is 4. The van der Waals surface area contributed by atoms with Crippen LogP contribution in [0.4, 0.5) is 4.79 Å². The van der Waals surface area contributed by atoms with Crippen LogP contribution >= 0.6 is 0 Å². The van der Waals surface area contributed by atoms with E-state index < -0.39 is 30.1 Å². The van der Waals surface area contributed by atoms with Gasteiger partial charge in [0.05, 0.1) is 0 Å². The van der Waals surface area contributed by atoms with Crippen LogP contribution in [0.15, 0.2) is 103 Å². The molecule has 0 aliphatic rings. The van der Waals surface area contributed by atoms with Gasteiger partial charge in [0.2, 0.25) is 5.91 Å². The number of aliphatic carboxylic acids is 1. The molecule has 0 saturated heterocycles. The Morgan fingerprint density at radius 3 is 1.92 bits per heavy atom. The van der Waals surface area contributed by atoms with Crippen LogP contribution in [0.2, 0.25) is 0 Å². The van der Waals surface area contributed by atoms with Crippen molar-refractivity contribution < 1.29 is 24.2 Å². The van der Waals surface area contributed by atoms with Crippen molar-refractivity contribution in [1.82, 2.24) is 10.6 Å². The second-order valence-electron chi connectivity index (χ2n) is 8.73. The summed E-state index contributed by atoms with van der Waals surface area (Å²) < 4.78 is 5.29. The van der Waals surface area contributed by atoms with Gasteiger partial charge in [-0.3, -0.25) is 4.79 Å². The summed E-state index contributed by atoms with van der Waals surface area (Å²) >= 11 is 0. The molecule has 3 N–H and O–H groups in total. The van der Waals surface area contributed by atoms with Gasteiger partial charge in [-0.1, -0.05) is 103 Å². The Kier molecular flexibility index (Phi) is 8.49. The highest BCUT2D eigenvalue weighted by Crippen LogP contribution is 2.17. The lowest BCUT2D eigenvalue weighted by molar-refractivity contribution is -0.142. The molecular formula is C30H28N2O5. The number of carboxylic acid groups (broad SMARTS) is 1. The summed E-state index contributed by atoms with van der Waals surface area (Å²) in [7, 11) is 0. The van der Waals surface area contributed by atoms with Crippen molar-refractivity contribution in [2.24, 2.45) is 0 Å². The number of carbonyl (C=O) groups is 3. The van der Waals surface area contributed by atoms with Crippen molar-refractivity contribution in [2.75, 3.05) is 0 Å². The maximum Gasteiger partial charge on any atom is 0.408 e. The predicted octanol–water partition coefficient (Wildman–Crippen LogP) is 4.49. The van der Waals surface area contributed by atoms with Gasteiger partial charge in [-0.25, -0.2) is 9.59 Å². The molecule has 7 heteroatoms. The molecule has 0 fully saturated rings. The first-order valence-corrected chi connectivity index (χ1v) is 12.0. The van der Waals surface area contributed by atoms with E-state index in [0.717, 1.165) is 27.5 Å². The number of ether oxygens (including phenoxy) is 1. The first-order chi connectivity index (χ1) is 18.0. The maximum absolute atomic E-state index is 13.2. The van der Waals surface area contributed by atoms with Crippen LogP contribution in [0, 0.1) is 0 Å². The molecule has 0 unspecified atom stereocenters. The molecule has 0 aliphatic carbocycles. The van der Waals surface area contributed by atoms with Gasteiger partial charge in [0.25, 0.3) is 0 Å². The number of hydrogen-bond donors (Lipinski definition) is 3. The zero-order chi connectivity index (χ0) is 26.0. The molecule has 4 aromatic carbocycles. The Morgan fingerprint density at radius 2 is 1.24 bits per heavy atom. The standard InChI is InChI=1S/C30H28N2O5/c33-28(31-27(29(34)35)19-23-15-16-24-13-7-8-14-25(24)17-23)26(18-21-9-3-1-4-10-21)32-30(36)37-20-22-11-5-2-6-12-22/h1-17,26-27H,18-20H2,(H,31,33)(H,32,36)(H,34,35)/t26-,27+/m1/s1. The topological polar surface area (TPSA) is 105 Å². The monoisotopic (exact) mass is 496 g/mol. The molecule has 4 aromatic rings. The lowest BCUT2D eigenvalue weighted by Crippen LogP contribution is -2.53. The normalized spacial score (nSPS) is 12.3. The molecule has 37 heavy (non-hydrogen) atoms. The molecule has 4 rings (SSSR count). The Labute approximate surface area is 215 Å². The summed E-state index contributed by atoms with van der Waals surface area (Å²) in [4.78, 5) is 37.8. The Hall–Kier alpha value is -4.65. The summed E-state index contributed by atoms with van der Waals surface area (Å²) in [6, 6.07) is 29.6. The molecule has 0 radical (unpaired) electrons. The van der Waals surface area contributed by atoms with Gasteiger partial charge in [-0.05, 0) is 27.5 Å². The fourth-order valence-electron chi connectivity index (χ4n) is 4.04. The first kappa shape index (κ1) is 25.4. The number of carboxylic acids is 1. The molecule has 2 amide bonds. The lowest BCUT2D eigenvalue weighted by atomic mass is 10.0. The van der Waals surface area contributed by atoms with E-state index in [1.165, 1.54) is 0 Å². The van der Waals surface area contributed by atoms with Gasteiger partial charge in [-0.15, -0.1) is 0 Å². The van der Waals surface area contributed by atoms with E-state index >= 15 is 0 Å². The van der Waals surface area contributed by atoms with Crippen molar-refractivity contribution in [3.05, 3.63) is 120 Å². The van der Waals surface area contributed by atoms with Crippen LogP contribution < -0.4 is 10.6 Å². The van der Waals surface area contributed by atoms with Crippen LogP contribution in [0.5, 0.6) is 0 Å². The molecule has 0 heterocycles. The van der Waals surface area contributed by atoms with E-state index in [1.807, 2.05) is 103 Å². The SMILES string of the molecule is O=C(N[C@H](Cc1ccccc1)C(=O)N[C@@H](Cc1ccc2ccccc2c1)C(=O)O)OCc1ccccc1. The molecule has 0 saturated carbocycles. The molecular weight excluding hydrogens is 468 g/mol. The van der Waals surface area contributed by atoms with E-state index in [2.05, 4.69) is 10.6 Å². The minimum Gasteiger partial charge on any atom is -0.480 e. The van der Waals surface area contributed by atoms with E-state index in [1.54, 1.807) is 0 Å². The predicted molar refractivity (Wildman–Crippen MR) is 141 cm³/mol. The molecule has 2 atom stereocenters. The second-order valence-corrected chi connectivity index (χ2v) is 8.73. The zero-order valence-corrected chi connectivity index (χ0v) is 20.2. The quantitative estimate of drug-likeness (QED) is 0.300. The highest BCUT2D eigenvalue weighted by molar-refractivity contribution is 5.90. The van der Waals surface area contributed by atoms with Gasteiger partial charge in [0.15, 0.2) is 0 Å². The van der Waals surface area contributed by atoms with Gasteiger partial charge >= 0.3 is 12.1 Å². The average Bonchev–Trinajstić information content (AvgIpc) is 2.92. The molecule has 0 bridgehead atoms. The molecule has 0 aromatic heterocycles. The fourth-order valence-corrected chi connectivity index (χ4v) is 4.04. The summed E-state index contributed by atoms with van der Waals surface area (Å²) in [5.41, 5.74) is 2.40. The van der Waals surface area contributed by atoms with Crippen molar-refractivity contribution >= 4 is 28.7 Å². The van der Waals surface area contributed by atoms with Gasteiger partial charge < -0.3 is 20.5 Å². The van der Waals surface area contributed by atoms with Crippen molar-refractivity contribution in [3.63, 3.8) is 0 Å². The summed E-state index contributed by atoms with van der Waals surface area (Å²) in [5, 5.41) is 17.1. The highest BCUT2D eigenvalue weighted by atomic mass is 16.5. The van der Waals surface area contributed by atoms with Crippen LogP contribution in [0.25, 0.3) is 10.8 Å². The summed E-state index contributed by atoms with van der Waals surface area (Å²) in [6.45, 7) is 0.0477. The van der Waals surface area contributed by atoms with E-state index in [9.17, 15) is 19.5 Å². The fraction of sp³-hybridized carbons (Fsp3) is 0.167. The number of fused-ring (bicyclic) bond motifs is 1. The third-order valence-electron chi connectivity index (χ3n) is 5.97. The number of nitrogens with one attached hydrogen (secondary N) is 2. The van der Waals surface area contributed by atoms with Crippen LogP contribution in [-0.2, 0) is 33.8 Å². The third kappa shape index (κ3) is 7.41. The lowest BCUT2D eigenvalue weighted by Gasteiger charge is -2.22. The average molecular weight is 497 g/mol. The van der Waals surface area contributed by atoms with Crippen molar-refractivity contribution in [1.29, 1.82) is 0 Å². The van der Waals surface area contributed by atoms with E-state index in [4.69, 9.17) is 4.74 Å². The number of amides is 2. The van der Waals surface area contributed by atoms with Crippen molar-refractivity contribution in [3.8, 4) is 0 Å². The zero-order valence-electron chi connectivity index (χ0n) is 20.2. The largest absolute Gasteiger partial charge is 0.480 e. The Bertz CT molecular complexity index is 1360. The van der Waals surface area contributed by atoms with Crippen LogP contribution in [-0.4, -0.2) is 35.2 Å². The number of benzene rings is 4. The molecule has 188 valence electrons. The Morgan fingerprint density at radius 1 is 0.649 bits per heavy atom. The molecule has 7 nitrogen and oxygen atoms in total. The number of rotatable bonds is 10. The van der Waals surface area contributed by atoms with Crippen LogP contribution in [0.1, 0.15) is 16.7 Å². The van der Waals surface area contributed by atoms with Gasteiger partial charge in [-0.2, -0.15) is 0 Å². The summed E-state index contributed by atoms with van der Waals surface area (Å²) in [6.07, 6.45) is -0.487. The maximum atomic E-state index is 13.2. The number of alkyl carbamates (subject to hydrolysis) is 1. The van der Waals surface area contributed by atoms with E-state index in [-0.39, 0.29) is 19.4 Å². The second kappa shape index (κ2) is 12.4. The number of carbonyl (C=O) groups excluding carboxylic acids is 2.